The van der Waals surface area contributed by atoms with E-state index < -0.39 is 5.97 Å². The second-order valence-corrected chi connectivity index (χ2v) is 34.0. The van der Waals surface area contributed by atoms with E-state index in [9.17, 15) is 33.9 Å². The molecule has 1 aromatic heterocycles. The third-order valence-corrected chi connectivity index (χ3v) is 29.2. The highest BCUT2D eigenvalue weighted by Crippen LogP contribution is 2.69. The number of carbonyl (C=O) groups is 6. The van der Waals surface area contributed by atoms with Gasteiger partial charge in [0.05, 0.1) is 16.1 Å². The maximum atomic E-state index is 13.5. The van der Waals surface area contributed by atoms with E-state index in [-0.39, 0.29) is 102 Å². The molecule has 4 heterocycles. The number of carbonyl (C=O) groups excluding carboxylic acids is 5. The molecule has 0 bridgehead atoms. The Hall–Kier alpha value is -3.52. The normalized spacial score (nSPS) is 44.3. The van der Waals surface area contributed by atoms with E-state index in [0.717, 1.165) is 117 Å². The second-order valence-electron chi connectivity index (χ2n) is 31.7. The zero-order valence-corrected chi connectivity index (χ0v) is 52.7. The Morgan fingerprint density at radius 2 is 0.894 bits per heavy atom. The van der Waals surface area contributed by atoms with Gasteiger partial charge in [-0.1, -0.05) is 76.0 Å². The zero-order chi connectivity index (χ0) is 58.1. The number of para-hydroxylation sites is 1. The first-order chi connectivity index (χ1) is 38.8. The number of benzene rings is 1. The van der Waals surface area contributed by atoms with Gasteiger partial charge in [-0.05, 0) is 265 Å². The Bertz CT molecular complexity index is 2820. The molecule has 0 radical (unpaired) electrons. The van der Waals surface area contributed by atoms with Crippen LogP contribution in [0.1, 0.15) is 239 Å². The van der Waals surface area contributed by atoms with Crippen LogP contribution in [0.25, 0.3) is 10.2 Å². The summed E-state index contributed by atoms with van der Waals surface area (Å²) in [4.78, 5) is 78.7. The van der Waals surface area contributed by atoms with E-state index >= 15 is 0 Å². The fraction of sp³-hybridized carbons (Fsp3) is 0.817. The number of nitrogens with zero attached hydrogens (tertiary/aromatic N) is 1. The Kier molecular flexibility index (Phi) is 18.6. The van der Waals surface area contributed by atoms with Crippen LogP contribution in [0.15, 0.2) is 28.6 Å². The monoisotopic (exact) mass is 1210 g/mol. The topological polar surface area (TPSA) is 184 Å². The minimum Gasteiger partial charge on any atom is -0.481 e. The van der Waals surface area contributed by atoms with Gasteiger partial charge in [-0.25, -0.2) is 4.98 Å². The fourth-order valence-corrected chi connectivity index (χ4v) is 25.1. The quantitative estimate of drug-likeness (QED) is 0.186. The van der Waals surface area contributed by atoms with Crippen molar-refractivity contribution in [3.05, 3.63) is 24.3 Å². The van der Waals surface area contributed by atoms with Crippen molar-refractivity contribution >= 4 is 68.0 Å². The molecule has 1 aromatic carbocycles. The Labute approximate surface area is 519 Å². The second kappa shape index (κ2) is 24.0. The molecule has 14 heteroatoms. The molecule has 5 N–H and O–H groups in total. The van der Waals surface area contributed by atoms with Gasteiger partial charge in [0, 0.05) is 54.8 Å². The van der Waals surface area contributed by atoms with Gasteiger partial charge in [0.25, 0.3) is 0 Å². The largest absolute Gasteiger partial charge is 0.481 e. The zero-order valence-electron chi connectivity index (χ0n) is 51.1. The number of aromatic nitrogens is 1. The third kappa shape index (κ3) is 11.2. The van der Waals surface area contributed by atoms with E-state index in [2.05, 4.69) is 89.6 Å². The molecule has 85 heavy (non-hydrogen) atoms. The summed E-state index contributed by atoms with van der Waals surface area (Å²) in [6.07, 6.45) is 25.3. The minimum absolute atomic E-state index is 0. The van der Waals surface area contributed by atoms with Crippen molar-refractivity contribution in [2.75, 3.05) is 0 Å². The average molecular weight is 1210 g/mol. The lowest BCUT2D eigenvalue weighted by atomic mass is 9.47. The first kappa shape index (κ1) is 65.9. The molecule has 474 valence electrons. The Morgan fingerprint density at radius 1 is 0.518 bits per heavy atom. The molecule has 14 rings (SSSR count). The molecule has 1 unspecified atom stereocenters. The van der Waals surface area contributed by atoms with Gasteiger partial charge >= 0.3 is 5.97 Å². The molecule has 4 amide bonds. The van der Waals surface area contributed by atoms with Gasteiger partial charge in [0.2, 0.25) is 23.6 Å². The van der Waals surface area contributed by atoms with Crippen LogP contribution >= 0.6 is 23.1 Å². The van der Waals surface area contributed by atoms with Crippen molar-refractivity contribution in [3.8, 4) is 0 Å². The summed E-state index contributed by atoms with van der Waals surface area (Å²) >= 11 is 3.03. The van der Waals surface area contributed by atoms with Crippen LogP contribution in [-0.2, 0) is 28.8 Å². The van der Waals surface area contributed by atoms with Crippen LogP contribution in [0.5, 0.6) is 0 Å². The van der Waals surface area contributed by atoms with Crippen molar-refractivity contribution in [2.24, 2.45) is 104 Å². The van der Waals surface area contributed by atoms with Gasteiger partial charge < -0.3 is 26.4 Å². The first-order valence-electron chi connectivity index (χ1n) is 32.8. The summed E-state index contributed by atoms with van der Waals surface area (Å²) in [6, 6.07) is 9.20. The van der Waals surface area contributed by atoms with Crippen molar-refractivity contribution in [1.82, 2.24) is 26.3 Å². The number of thioether (sulfide) groups is 1. The van der Waals surface area contributed by atoms with Crippen LogP contribution in [0.4, 0.5) is 0 Å². The molecule has 12 fully saturated rings. The number of rotatable bonds is 4. The highest BCUT2D eigenvalue weighted by atomic mass is 32.2. The van der Waals surface area contributed by atoms with Crippen LogP contribution < -0.4 is 21.3 Å². The van der Waals surface area contributed by atoms with Gasteiger partial charge in [0.1, 0.15) is 0 Å². The number of fused-ring (bicyclic) bond motifs is 16. The molecule has 9 aliphatic carbocycles. The summed E-state index contributed by atoms with van der Waals surface area (Å²) in [6.45, 7) is 20.6. The highest BCUT2D eigenvalue weighted by Gasteiger charge is 2.65. The lowest BCUT2D eigenvalue weighted by molar-refractivity contribution is -0.152. The van der Waals surface area contributed by atoms with E-state index in [1.807, 2.05) is 18.2 Å². The lowest BCUT2D eigenvalue weighted by Crippen LogP contribution is -2.61. The summed E-state index contributed by atoms with van der Waals surface area (Å²) in [5, 5.41) is 23.1. The number of thiazole rings is 1. The molecular formula is C71H111N5O7S2. The van der Waals surface area contributed by atoms with E-state index in [4.69, 9.17) is 4.98 Å². The molecule has 12 aliphatic rings. The van der Waals surface area contributed by atoms with Gasteiger partial charge in [-0.15, -0.1) is 11.3 Å². The number of carboxylic acids is 1. The predicted octanol–water partition coefficient (Wildman–Crippen LogP) is 15.2. The summed E-state index contributed by atoms with van der Waals surface area (Å²) in [5.74, 6) is 6.58. The first-order valence-corrected chi connectivity index (χ1v) is 34.4. The number of piperidine rings is 3. The lowest BCUT2D eigenvalue weighted by Gasteiger charge is -2.60. The summed E-state index contributed by atoms with van der Waals surface area (Å²) in [5.41, 5.74) is 1.80. The maximum Gasteiger partial charge on any atom is 0.307 e. The molecule has 9 saturated carbocycles. The Morgan fingerprint density at radius 3 is 1.31 bits per heavy atom. The van der Waals surface area contributed by atoms with Crippen LogP contribution in [-0.4, -0.2) is 68.5 Å². The van der Waals surface area contributed by atoms with E-state index in [0.29, 0.717) is 89.8 Å². The van der Waals surface area contributed by atoms with Crippen LogP contribution in [0, 0.1) is 104 Å². The molecule has 12 nitrogen and oxygen atoms in total. The molecule has 21 atom stereocenters. The SMILES string of the molecule is C.C.C.CC(C)(C)NC(=O)[C@H]1CC[C@H]2[C@@H]3CC[C@H]4NC(=O)CC[C@]4(C)[C@H]3CC[C@]12C.C[C@]12CCC(=O)N[C@@H]1CC[C@@H]1[C@@H]2CC[C@]2(C)[C@@H](C(=O)Sc3nc4ccccc4s3)CC[C@@H]12.C[C@]12CCC3[C@@H](CC[C@H]4NC(=O)CC[C@]34C)[C@@H]1CC[C@@H]2C(=O)O. The predicted molar refractivity (Wildman–Crippen MR) is 343 cm³/mol. The molecular weight excluding hydrogens is 1100 g/mol. The smallest absolute Gasteiger partial charge is 0.307 e. The molecule has 0 spiro atoms. The molecule has 3 aliphatic heterocycles. The number of hydrogen-bond acceptors (Lipinski definition) is 9. The standard InChI is InChI=1S/C26H32N2O2S2.C23H38N2O2.C19H29NO3.3CH4/c1-25-13-11-17-15(7-10-21-26(17,2)14-12-22(29)28-21)16(25)8-9-18(25)23(30)32-24-27-19-5-3-4-6-20(19)31-24;1-21(2,3)25-20(27)17-8-7-15-14-6-9-18-23(5,13-11-19(26)24-18)16(14)10-12-22(15,17)4;1-18-9-7-13-11(12(18)4-5-14(18)17(22)23)3-6-15-19(13,2)10-8-16(21)20-15;;;/h3-6,15-18,21H,7-14H2,1-2H3,(H,28,29);14-18H,6-13H2,1-5H3,(H,24,26)(H,25,27);11-15H,3-10H2,1-2H3,(H,20,21)(H,22,23);3*1H4/t15-,16-,17-,18+,21+,25-,26+;14-,15-,16-,17+,18+,22-,23+;11-,12-,13?,14+,15+,18-,19+;;;/m000.../s1. The van der Waals surface area contributed by atoms with Gasteiger partial charge in [0.15, 0.2) is 9.45 Å². The number of aliphatic carboxylic acids is 1. The van der Waals surface area contributed by atoms with E-state index in [1.54, 1.807) is 11.3 Å². The van der Waals surface area contributed by atoms with E-state index in [1.165, 1.54) is 50.3 Å². The maximum absolute atomic E-state index is 13.5. The highest BCUT2D eigenvalue weighted by molar-refractivity contribution is 8.15. The fourth-order valence-electron chi connectivity index (χ4n) is 22.8. The van der Waals surface area contributed by atoms with Crippen molar-refractivity contribution in [1.29, 1.82) is 0 Å². The minimum atomic E-state index is -0.585. The van der Waals surface area contributed by atoms with Crippen molar-refractivity contribution in [2.45, 2.75) is 267 Å². The molecule has 2 aromatic rings. The van der Waals surface area contributed by atoms with Crippen LogP contribution in [0.2, 0.25) is 0 Å². The number of nitrogens with one attached hydrogen (secondary N) is 4. The van der Waals surface area contributed by atoms with Crippen LogP contribution in [0.3, 0.4) is 0 Å². The van der Waals surface area contributed by atoms with Gasteiger partial charge in [-0.3, -0.25) is 28.8 Å². The number of amides is 4. The van der Waals surface area contributed by atoms with Crippen molar-refractivity contribution in [3.63, 3.8) is 0 Å². The number of hydrogen-bond donors (Lipinski definition) is 5. The van der Waals surface area contributed by atoms with Gasteiger partial charge in [-0.2, -0.15) is 0 Å². The average Bonchev–Trinajstić information content (AvgIpc) is 1.86. The summed E-state index contributed by atoms with van der Waals surface area (Å²) in [7, 11) is 0. The third-order valence-electron chi connectivity index (χ3n) is 27.1. The Balaban J connectivity index is 0.000000152. The number of carboxylic acid groups (broad SMARTS) is 1. The summed E-state index contributed by atoms with van der Waals surface area (Å²) < 4.78 is 2.05. The van der Waals surface area contributed by atoms with Crippen molar-refractivity contribution < 1.29 is 33.9 Å². The molecule has 3 saturated heterocycles.